The predicted octanol–water partition coefficient (Wildman–Crippen LogP) is 1.87. The molecule has 0 saturated heterocycles. The van der Waals surface area contributed by atoms with Crippen LogP contribution in [-0.2, 0) is 6.42 Å². The zero-order chi connectivity index (χ0) is 13.5. The van der Waals surface area contributed by atoms with Crippen molar-refractivity contribution in [2.45, 2.75) is 12.6 Å². The quantitative estimate of drug-likeness (QED) is 0.828. The lowest BCUT2D eigenvalue weighted by molar-refractivity contribution is 0.0935. The second-order valence-electron chi connectivity index (χ2n) is 4.92. The monoisotopic (exact) mass is 267 g/mol. The van der Waals surface area contributed by atoms with Crippen molar-refractivity contribution in [3.8, 4) is 5.75 Å². The van der Waals surface area contributed by atoms with Crippen molar-refractivity contribution in [3.63, 3.8) is 0 Å². The Bertz CT molecular complexity index is 699. The summed E-state index contributed by atoms with van der Waals surface area (Å²) in [6, 6.07) is 9.52. The molecule has 0 aliphatic carbocycles. The van der Waals surface area contributed by atoms with Gasteiger partial charge in [0.25, 0.3) is 5.91 Å². The molecule has 0 radical (unpaired) electrons. The number of anilines is 1. The lowest BCUT2D eigenvalue weighted by atomic mass is 10.0. The Hall–Kier alpha value is -2.56. The number of hydrogen-bond acceptors (Lipinski definition) is 4. The number of hydrogen-bond donors (Lipinski definition) is 2. The van der Waals surface area contributed by atoms with Crippen molar-refractivity contribution in [3.05, 3.63) is 53.2 Å². The van der Waals surface area contributed by atoms with E-state index in [0.717, 1.165) is 24.3 Å². The molecule has 4 rings (SSSR count). The average molecular weight is 267 g/mol. The van der Waals surface area contributed by atoms with Gasteiger partial charge in [0, 0.05) is 12.6 Å². The summed E-state index contributed by atoms with van der Waals surface area (Å²) in [5.41, 5.74) is 2.78. The van der Waals surface area contributed by atoms with E-state index < -0.39 is 0 Å². The maximum atomic E-state index is 12.1. The van der Waals surface area contributed by atoms with Crippen molar-refractivity contribution < 1.29 is 9.53 Å². The first-order valence-electron chi connectivity index (χ1n) is 6.59. The van der Waals surface area contributed by atoms with Gasteiger partial charge >= 0.3 is 0 Å². The molecule has 2 N–H and O–H groups in total. The lowest BCUT2D eigenvalue weighted by Crippen LogP contribution is -2.38. The van der Waals surface area contributed by atoms with E-state index in [1.54, 1.807) is 18.3 Å². The van der Waals surface area contributed by atoms with Crippen LogP contribution in [0.4, 0.5) is 5.82 Å². The van der Waals surface area contributed by atoms with Gasteiger partial charge in [-0.2, -0.15) is 0 Å². The van der Waals surface area contributed by atoms with Crippen molar-refractivity contribution in [1.29, 1.82) is 0 Å². The first kappa shape index (κ1) is 11.3. The molecule has 2 aliphatic rings. The summed E-state index contributed by atoms with van der Waals surface area (Å²) in [6.45, 7) is 0.730. The Morgan fingerprint density at radius 1 is 1.25 bits per heavy atom. The molecule has 5 nitrogen and oxygen atoms in total. The summed E-state index contributed by atoms with van der Waals surface area (Å²) >= 11 is 0. The maximum absolute atomic E-state index is 12.1. The topological polar surface area (TPSA) is 63.2 Å². The van der Waals surface area contributed by atoms with Crippen molar-refractivity contribution >= 4 is 11.7 Å². The van der Waals surface area contributed by atoms with Gasteiger partial charge in [-0.05, 0) is 35.4 Å². The number of carbonyl (C=O) groups is 1. The molecule has 1 aromatic carbocycles. The van der Waals surface area contributed by atoms with Crippen LogP contribution in [0.25, 0.3) is 0 Å². The van der Waals surface area contributed by atoms with Gasteiger partial charge in [-0.1, -0.05) is 6.07 Å². The van der Waals surface area contributed by atoms with Crippen LogP contribution < -0.4 is 15.4 Å². The van der Waals surface area contributed by atoms with Gasteiger partial charge < -0.3 is 15.4 Å². The second-order valence-corrected chi connectivity index (χ2v) is 4.92. The van der Waals surface area contributed by atoms with Gasteiger partial charge in [-0.25, -0.2) is 4.98 Å². The number of rotatable bonds is 1. The predicted molar refractivity (Wildman–Crippen MR) is 73.7 cm³/mol. The molecule has 0 saturated carbocycles. The van der Waals surface area contributed by atoms with E-state index in [1.807, 2.05) is 12.1 Å². The highest BCUT2D eigenvalue weighted by molar-refractivity contribution is 6.00. The highest BCUT2D eigenvalue weighted by Gasteiger charge is 2.26. The number of amides is 1. The van der Waals surface area contributed by atoms with Crippen LogP contribution in [0.5, 0.6) is 5.75 Å². The van der Waals surface area contributed by atoms with E-state index in [1.165, 1.54) is 5.56 Å². The largest absolute Gasteiger partial charge is 0.493 e. The van der Waals surface area contributed by atoms with Gasteiger partial charge in [0.05, 0.1) is 12.2 Å². The van der Waals surface area contributed by atoms with E-state index in [-0.39, 0.29) is 12.1 Å². The summed E-state index contributed by atoms with van der Waals surface area (Å²) < 4.78 is 5.50. The Balaban J connectivity index is 1.69. The average Bonchev–Trinajstić information content (AvgIpc) is 2.94. The molecule has 1 amide bonds. The van der Waals surface area contributed by atoms with E-state index in [0.29, 0.717) is 11.4 Å². The van der Waals surface area contributed by atoms with E-state index in [9.17, 15) is 4.79 Å². The molecular weight excluding hydrogens is 254 g/mol. The molecule has 0 unspecified atom stereocenters. The van der Waals surface area contributed by atoms with Crippen molar-refractivity contribution in [1.82, 2.24) is 10.3 Å². The standard InChI is InChI=1S/C15H13N3O2/c19-15-11-2-1-6-16-14(11)17-13(18-15)10-3-4-12-9(8-10)5-7-20-12/h1-4,6,8,13H,5,7H2,(H,16,17)(H,18,19)/t13-/m0/s1. The number of nitrogens with zero attached hydrogens (tertiary/aromatic N) is 1. The molecule has 3 heterocycles. The van der Waals surface area contributed by atoms with E-state index >= 15 is 0 Å². The zero-order valence-corrected chi connectivity index (χ0v) is 10.7. The molecule has 2 aliphatic heterocycles. The number of ether oxygens (including phenoxy) is 1. The van der Waals surface area contributed by atoms with Gasteiger partial charge in [0.15, 0.2) is 0 Å². The number of nitrogens with one attached hydrogen (secondary N) is 2. The SMILES string of the molecule is O=C1N[C@@H](c2ccc3c(c2)CCO3)Nc2ncccc21. The molecule has 0 spiro atoms. The highest BCUT2D eigenvalue weighted by Crippen LogP contribution is 2.30. The fraction of sp³-hybridized carbons (Fsp3) is 0.200. The zero-order valence-electron chi connectivity index (χ0n) is 10.7. The number of pyridine rings is 1. The van der Waals surface area contributed by atoms with Gasteiger partial charge in [0.1, 0.15) is 17.7 Å². The van der Waals surface area contributed by atoms with Crippen LogP contribution in [0.15, 0.2) is 36.5 Å². The minimum Gasteiger partial charge on any atom is -0.493 e. The lowest BCUT2D eigenvalue weighted by Gasteiger charge is -2.27. The van der Waals surface area contributed by atoms with Gasteiger partial charge in [-0.15, -0.1) is 0 Å². The third-order valence-corrected chi connectivity index (χ3v) is 3.66. The van der Waals surface area contributed by atoms with Crippen LogP contribution in [0, 0.1) is 0 Å². The Morgan fingerprint density at radius 3 is 3.15 bits per heavy atom. The summed E-state index contributed by atoms with van der Waals surface area (Å²) in [5, 5.41) is 6.20. The van der Waals surface area contributed by atoms with Crippen LogP contribution in [0.1, 0.15) is 27.7 Å². The first-order valence-corrected chi connectivity index (χ1v) is 6.59. The number of carbonyl (C=O) groups excluding carboxylic acids is 1. The number of aromatic nitrogens is 1. The first-order chi connectivity index (χ1) is 9.81. The molecule has 0 bridgehead atoms. The fourth-order valence-electron chi connectivity index (χ4n) is 2.64. The molecular formula is C15H13N3O2. The molecule has 1 aromatic heterocycles. The minimum atomic E-state index is -0.254. The van der Waals surface area contributed by atoms with Crippen LogP contribution in [-0.4, -0.2) is 17.5 Å². The van der Waals surface area contributed by atoms with Crippen LogP contribution >= 0.6 is 0 Å². The third kappa shape index (κ3) is 1.71. The van der Waals surface area contributed by atoms with Crippen LogP contribution in [0.3, 0.4) is 0 Å². The van der Waals surface area contributed by atoms with Crippen molar-refractivity contribution in [2.24, 2.45) is 0 Å². The molecule has 1 atom stereocenters. The normalized spacial score (nSPS) is 19.4. The molecule has 100 valence electrons. The Labute approximate surface area is 116 Å². The maximum Gasteiger partial charge on any atom is 0.256 e. The Kier molecular flexibility index (Phi) is 2.39. The number of benzene rings is 1. The molecule has 0 fully saturated rings. The molecule has 5 heteroatoms. The molecule has 2 aromatic rings. The van der Waals surface area contributed by atoms with E-state index in [4.69, 9.17) is 4.74 Å². The summed E-state index contributed by atoms with van der Waals surface area (Å²) in [7, 11) is 0. The summed E-state index contributed by atoms with van der Waals surface area (Å²) in [6.07, 6.45) is 2.34. The third-order valence-electron chi connectivity index (χ3n) is 3.66. The highest BCUT2D eigenvalue weighted by atomic mass is 16.5. The summed E-state index contributed by atoms with van der Waals surface area (Å²) in [4.78, 5) is 16.3. The van der Waals surface area contributed by atoms with Gasteiger partial charge in [-0.3, -0.25) is 4.79 Å². The second kappa shape index (κ2) is 4.23. The summed E-state index contributed by atoms with van der Waals surface area (Å²) in [5.74, 6) is 1.46. The van der Waals surface area contributed by atoms with Gasteiger partial charge in [0.2, 0.25) is 0 Å². The minimum absolute atomic E-state index is 0.103. The fourth-order valence-corrected chi connectivity index (χ4v) is 2.64. The Morgan fingerprint density at radius 2 is 2.20 bits per heavy atom. The number of fused-ring (bicyclic) bond motifs is 2. The van der Waals surface area contributed by atoms with Crippen LogP contribution in [0.2, 0.25) is 0 Å². The molecule has 20 heavy (non-hydrogen) atoms. The smallest absolute Gasteiger partial charge is 0.256 e. The van der Waals surface area contributed by atoms with E-state index in [2.05, 4.69) is 21.7 Å². The van der Waals surface area contributed by atoms with Crippen molar-refractivity contribution in [2.75, 3.05) is 11.9 Å².